The van der Waals surface area contributed by atoms with Crippen LogP contribution in [0.15, 0.2) is 0 Å². The first kappa shape index (κ1) is 14.5. The highest BCUT2D eigenvalue weighted by molar-refractivity contribution is 5.37. The average molecular weight is 253 g/mol. The molecule has 102 valence electrons. The Morgan fingerprint density at radius 3 is 2.44 bits per heavy atom. The third-order valence-electron chi connectivity index (χ3n) is 2.35. The van der Waals surface area contributed by atoms with Gasteiger partial charge < -0.3 is 15.0 Å². The molecule has 0 spiro atoms. The minimum Gasteiger partial charge on any atom is -0.464 e. The molecule has 0 amide bonds. The monoisotopic (exact) mass is 253 g/mol. The molecule has 0 unspecified atom stereocenters. The summed E-state index contributed by atoms with van der Waals surface area (Å²) in [6, 6.07) is 0.369. The van der Waals surface area contributed by atoms with E-state index in [1.165, 1.54) is 0 Å². The number of hydrogen-bond donors (Lipinski definition) is 1. The molecule has 0 saturated heterocycles. The molecule has 18 heavy (non-hydrogen) atoms. The molecule has 0 aliphatic rings. The van der Waals surface area contributed by atoms with Gasteiger partial charge in [-0.15, -0.1) is 0 Å². The first-order chi connectivity index (χ1) is 8.60. The summed E-state index contributed by atoms with van der Waals surface area (Å²) in [6.45, 7) is 10.7. The summed E-state index contributed by atoms with van der Waals surface area (Å²) >= 11 is 0. The standard InChI is InChI=1S/C12H23N5O/c1-6-17(8-9(3)4)11-14-10(13-5)15-12(16-11)18-7-2/h9H,6-8H2,1-5H3,(H,13,14,15,16). The van der Waals surface area contributed by atoms with Gasteiger partial charge in [0.15, 0.2) is 0 Å². The van der Waals surface area contributed by atoms with Crippen LogP contribution in [0, 0.1) is 5.92 Å². The van der Waals surface area contributed by atoms with Crippen LogP contribution in [0.2, 0.25) is 0 Å². The van der Waals surface area contributed by atoms with E-state index >= 15 is 0 Å². The van der Waals surface area contributed by atoms with Gasteiger partial charge in [0.1, 0.15) is 0 Å². The highest BCUT2D eigenvalue weighted by Gasteiger charge is 2.13. The summed E-state index contributed by atoms with van der Waals surface area (Å²) < 4.78 is 5.36. The van der Waals surface area contributed by atoms with Crippen molar-refractivity contribution in [3.63, 3.8) is 0 Å². The molecule has 0 atom stereocenters. The number of nitrogens with zero attached hydrogens (tertiary/aromatic N) is 4. The van der Waals surface area contributed by atoms with Crippen LogP contribution in [0.1, 0.15) is 27.7 Å². The predicted octanol–water partition coefficient (Wildman–Crippen LogP) is 1.79. The molecular weight excluding hydrogens is 230 g/mol. The second-order valence-corrected chi connectivity index (χ2v) is 4.36. The fourth-order valence-corrected chi connectivity index (χ4v) is 1.59. The van der Waals surface area contributed by atoms with Crippen LogP contribution in [0.5, 0.6) is 6.01 Å². The second kappa shape index (κ2) is 6.98. The Morgan fingerprint density at radius 1 is 1.22 bits per heavy atom. The highest BCUT2D eigenvalue weighted by atomic mass is 16.5. The van der Waals surface area contributed by atoms with Gasteiger partial charge in [-0.25, -0.2) is 0 Å². The van der Waals surface area contributed by atoms with Crippen molar-refractivity contribution in [2.24, 2.45) is 5.92 Å². The predicted molar refractivity (Wildman–Crippen MR) is 73.3 cm³/mol. The first-order valence-electron chi connectivity index (χ1n) is 6.42. The minimum atomic E-state index is 0.369. The maximum atomic E-state index is 5.36. The van der Waals surface area contributed by atoms with Crippen molar-refractivity contribution < 1.29 is 4.74 Å². The van der Waals surface area contributed by atoms with E-state index in [1.54, 1.807) is 7.05 Å². The molecule has 0 fully saturated rings. The number of ether oxygens (including phenoxy) is 1. The molecule has 0 aliphatic heterocycles. The van der Waals surface area contributed by atoms with Gasteiger partial charge in [0.05, 0.1) is 6.61 Å². The Bertz CT molecular complexity index is 369. The van der Waals surface area contributed by atoms with Crippen molar-refractivity contribution in [3.05, 3.63) is 0 Å². The van der Waals surface area contributed by atoms with E-state index in [4.69, 9.17) is 4.74 Å². The summed E-state index contributed by atoms with van der Waals surface area (Å²) in [4.78, 5) is 15.0. The van der Waals surface area contributed by atoms with E-state index in [0.717, 1.165) is 13.1 Å². The van der Waals surface area contributed by atoms with Crippen molar-refractivity contribution >= 4 is 11.9 Å². The summed E-state index contributed by atoms with van der Waals surface area (Å²) in [5, 5.41) is 2.93. The van der Waals surface area contributed by atoms with Crippen LogP contribution >= 0.6 is 0 Å². The Morgan fingerprint density at radius 2 is 1.94 bits per heavy atom. The highest BCUT2D eigenvalue weighted by Crippen LogP contribution is 2.15. The van der Waals surface area contributed by atoms with Crippen molar-refractivity contribution in [2.75, 3.05) is 37.0 Å². The van der Waals surface area contributed by atoms with Gasteiger partial charge in [-0.1, -0.05) is 13.8 Å². The molecule has 0 bridgehead atoms. The Kier molecular flexibility index (Phi) is 5.61. The molecule has 6 nitrogen and oxygen atoms in total. The van der Waals surface area contributed by atoms with Crippen LogP contribution in [0.4, 0.5) is 11.9 Å². The van der Waals surface area contributed by atoms with Gasteiger partial charge in [-0.3, -0.25) is 0 Å². The molecule has 0 radical (unpaired) electrons. The lowest BCUT2D eigenvalue weighted by Crippen LogP contribution is -2.29. The van der Waals surface area contributed by atoms with Gasteiger partial charge in [-0.05, 0) is 19.8 Å². The van der Waals surface area contributed by atoms with Gasteiger partial charge in [-0.2, -0.15) is 15.0 Å². The van der Waals surface area contributed by atoms with Crippen LogP contribution in [-0.2, 0) is 0 Å². The summed E-state index contributed by atoms with van der Waals surface area (Å²) in [5.74, 6) is 1.75. The number of anilines is 2. The molecule has 0 aromatic carbocycles. The van der Waals surface area contributed by atoms with Crippen molar-refractivity contribution in [1.82, 2.24) is 15.0 Å². The smallest absolute Gasteiger partial charge is 0.323 e. The molecule has 1 aromatic heterocycles. The van der Waals surface area contributed by atoms with Crippen LogP contribution in [-0.4, -0.2) is 41.7 Å². The second-order valence-electron chi connectivity index (χ2n) is 4.36. The maximum absolute atomic E-state index is 5.36. The van der Waals surface area contributed by atoms with Gasteiger partial charge in [0, 0.05) is 20.1 Å². The van der Waals surface area contributed by atoms with Gasteiger partial charge >= 0.3 is 6.01 Å². The van der Waals surface area contributed by atoms with E-state index in [1.807, 2.05) is 6.92 Å². The molecule has 1 aromatic rings. The first-order valence-corrected chi connectivity index (χ1v) is 6.42. The topological polar surface area (TPSA) is 63.2 Å². The Labute approximate surface area is 109 Å². The summed E-state index contributed by atoms with van der Waals surface area (Å²) in [6.07, 6.45) is 0. The van der Waals surface area contributed by atoms with Crippen molar-refractivity contribution in [3.8, 4) is 6.01 Å². The number of rotatable bonds is 7. The zero-order chi connectivity index (χ0) is 13.5. The van der Waals surface area contributed by atoms with E-state index in [-0.39, 0.29) is 0 Å². The quantitative estimate of drug-likeness (QED) is 0.799. The zero-order valence-corrected chi connectivity index (χ0v) is 11.9. The van der Waals surface area contributed by atoms with E-state index < -0.39 is 0 Å². The summed E-state index contributed by atoms with van der Waals surface area (Å²) in [5.41, 5.74) is 0. The molecule has 0 saturated carbocycles. The third-order valence-corrected chi connectivity index (χ3v) is 2.35. The summed E-state index contributed by atoms with van der Waals surface area (Å²) in [7, 11) is 1.79. The largest absolute Gasteiger partial charge is 0.464 e. The molecule has 0 aliphatic carbocycles. The van der Waals surface area contributed by atoms with Crippen molar-refractivity contribution in [1.29, 1.82) is 0 Å². The lowest BCUT2D eigenvalue weighted by Gasteiger charge is -2.23. The Balaban J connectivity index is 3.00. The average Bonchev–Trinajstić information content (AvgIpc) is 2.35. The molecule has 1 heterocycles. The van der Waals surface area contributed by atoms with Crippen LogP contribution < -0.4 is 15.0 Å². The van der Waals surface area contributed by atoms with E-state index in [2.05, 4.69) is 45.9 Å². The van der Waals surface area contributed by atoms with Crippen LogP contribution in [0.25, 0.3) is 0 Å². The van der Waals surface area contributed by atoms with E-state index in [9.17, 15) is 0 Å². The molecular formula is C12H23N5O. The number of hydrogen-bond acceptors (Lipinski definition) is 6. The molecule has 1 N–H and O–H groups in total. The maximum Gasteiger partial charge on any atom is 0.323 e. The SMILES string of the molecule is CCOc1nc(NC)nc(N(CC)CC(C)C)n1. The fraction of sp³-hybridized carbons (Fsp3) is 0.750. The van der Waals surface area contributed by atoms with Gasteiger partial charge in [0.2, 0.25) is 11.9 Å². The third kappa shape index (κ3) is 4.01. The Hall–Kier alpha value is -1.59. The normalized spacial score (nSPS) is 10.6. The van der Waals surface area contributed by atoms with Crippen LogP contribution in [0.3, 0.4) is 0 Å². The van der Waals surface area contributed by atoms with Gasteiger partial charge in [0.25, 0.3) is 0 Å². The number of nitrogens with one attached hydrogen (secondary N) is 1. The van der Waals surface area contributed by atoms with Crippen molar-refractivity contribution in [2.45, 2.75) is 27.7 Å². The lowest BCUT2D eigenvalue weighted by molar-refractivity contribution is 0.312. The van der Waals surface area contributed by atoms with E-state index in [0.29, 0.717) is 30.4 Å². The fourth-order valence-electron chi connectivity index (χ4n) is 1.59. The number of aromatic nitrogens is 3. The zero-order valence-electron chi connectivity index (χ0n) is 11.9. The minimum absolute atomic E-state index is 0.369. The molecule has 6 heteroatoms. The molecule has 1 rings (SSSR count). The lowest BCUT2D eigenvalue weighted by atomic mass is 10.2.